The van der Waals surface area contributed by atoms with E-state index in [0.29, 0.717) is 6.04 Å². The third-order valence-electron chi connectivity index (χ3n) is 4.62. The summed E-state index contributed by atoms with van der Waals surface area (Å²) in [5.41, 5.74) is 5.00. The topological polar surface area (TPSA) is 17.3 Å². The number of aliphatic imine (C=N–C) groups is 1. The van der Waals surface area contributed by atoms with Gasteiger partial charge in [0.05, 0.1) is 5.69 Å². The van der Waals surface area contributed by atoms with Gasteiger partial charge in [-0.05, 0) is 73.5 Å². The fourth-order valence-corrected chi connectivity index (χ4v) is 4.06. The first-order valence-electron chi connectivity index (χ1n) is 8.13. The number of aryl methyl sites for hydroxylation is 1. The van der Waals surface area contributed by atoms with E-state index in [4.69, 9.17) is 0 Å². The molecule has 1 aromatic carbocycles. The van der Waals surface area contributed by atoms with E-state index >= 15 is 0 Å². The van der Waals surface area contributed by atoms with Gasteiger partial charge in [-0.2, -0.15) is 0 Å². The molecule has 1 fully saturated rings. The predicted molar refractivity (Wildman–Crippen MR) is 102 cm³/mol. The van der Waals surface area contributed by atoms with E-state index in [2.05, 4.69) is 76.3 Å². The van der Waals surface area contributed by atoms with Crippen LogP contribution >= 0.6 is 22.6 Å². The quantitative estimate of drug-likeness (QED) is 0.442. The van der Waals surface area contributed by atoms with Gasteiger partial charge in [0, 0.05) is 32.8 Å². The van der Waals surface area contributed by atoms with Gasteiger partial charge in [-0.15, -0.1) is 0 Å². The van der Waals surface area contributed by atoms with Gasteiger partial charge in [-0.1, -0.05) is 25.3 Å². The van der Waals surface area contributed by atoms with Crippen molar-refractivity contribution in [2.75, 3.05) is 0 Å². The Morgan fingerprint density at radius 1 is 1.14 bits per heavy atom. The summed E-state index contributed by atoms with van der Waals surface area (Å²) in [6.07, 6.45) is 8.80. The van der Waals surface area contributed by atoms with Gasteiger partial charge in [-0.3, -0.25) is 4.99 Å². The Hall–Kier alpha value is -1.10. The summed E-state index contributed by atoms with van der Waals surface area (Å²) in [7, 11) is 0. The Kier molecular flexibility index (Phi) is 5.01. The molecule has 22 heavy (non-hydrogen) atoms. The Balaban J connectivity index is 1.85. The van der Waals surface area contributed by atoms with Gasteiger partial charge in [0.2, 0.25) is 0 Å². The maximum Gasteiger partial charge on any atom is 0.0640 e. The standard InChI is InChI=1S/C19H23IN2/c1-14-11-16(13-21-18-8-6-7-17(20)12-18)15(2)22(14)19-9-4-3-5-10-19/h6-8,11-13,19H,3-5,9-10H2,1-2H3. The molecule has 0 saturated heterocycles. The van der Waals surface area contributed by atoms with Gasteiger partial charge in [-0.25, -0.2) is 0 Å². The molecule has 1 aliphatic rings. The lowest BCUT2D eigenvalue weighted by Gasteiger charge is -2.26. The zero-order valence-electron chi connectivity index (χ0n) is 13.3. The molecule has 2 aromatic rings. The summed E-state index contributed by atoms with van der Waals surface area (Å²) in [4.78, 5) is 4.65. The van der Waals surface area contributed by atoms with Crippen molar-refractivity contribution in [2.24, 2.45) is 4.99 Å². The molecular weight excluding hydrogens is 383 g/mol. The van der Waals surface area contributed by atoms with Crippen LogP contribution in [0, 0.1) is 17.4 Å². The molecule has 0 bridgehead atoms. The largest absolute Gasteiger partial charge is 0.345 e. The van der Waals surface area contributed by atoms with Crippen LogP contribution in [-0.2, 0) is 0 Å². The molecule has 1 aliphatic carbocycles. The number of hydrogen-bond donors (Lipinski definition) is 0. The summed E-state index contributed by atoms with van der Waals surface area (Å²) in [5, 5.41) is 0. The van der Waals surface area contributed by atoms with E-state index in [9.17, 15) is 0 Å². The van der Waals surface area contributed by atoms with E-state index in [0.717, 1.165) is 5.69 Å². The second kappa shape index (κ2) is 6.99. The number of aromatic nitrogens is 1. The Morgan fingerprint density at radius 2 is 1.91 bits per heavy atom. The van der Waals surface area contributed by atoms with Gasteiger partial charge in [0.1, 0.15) is 0 Å². The molecule has 0 atom stereocenters. The Labute approximate surface area is 146 Å². The minimum absolute atomic E-state index is 0.688. The van der Waals surface area contributed by atoms with Crippen molar-refractivity contribution >= 4 is 34.5 Å². The van der Waals surface area contributed by atoms with E-state index in [1.54, 1.807) is 0 Å². The SMILES string of the molecule is Cc1cc(C=Nc2cccc(I)c2)c(C)n1C1CCCCC1. The average Bonchev–Trinajstić information content (AvgIpc) is 2.80. The highest BCUT2D eigenvalue weighted by Gasteiger charge is 2.19. The maximum atomic E-state index is 4.65. The highest BCUT2D eigenvalue weighted by Crippen LogP contribution is 2.32. The van der Waals surface area contributed by atoms with Gasteiger partial charge >= 0.3 is 0 Å². The molecule has 1 saturated carbocycles. The molecule has 1 heterocycles. The highest BCUT2D eigenvalue weighted by atomic mass is 127. The molecule has 0 aliphatic heterocycles. The van der Waals surface area contributed by atoms with Crippen molar-refractivity contribution in [1.82, 2.24) is 4.57 Å². The average molecular weight is 406 g/mol. The third kappa shape index (κ3) is 3.45. The van der Waals surface area contributed by atoms with Gasteiger partial charge in [0.25, 0.3) is 0 Å². The zero-order chi connectivity index (χ0) is 15.5. The fourth-order valence-electron chi connectivity index (χ4n) is 3.53. The van der Waals surface area contributed by atoms with Crippen LogP contribution in [0.1, 0.15) is 55.1 Å². The molecular formula is C19H23IN2. The van der Waals surface area contributed by atoms with Crippen LogP contribution < -0.4 is 0 Å². The lowest BCUT2D eigenvalue weighted by molar-refractivity contribution is 0.346. The van der Waals surface area contributed by atoms with Gasteiger partial charge in [0.15, 0.2) is 0 Å². The monoisotopic (exact) mass is 406 g/mol. The number of nitrogens with zero attached hydrogens (tertiary/aromatic N) is 2. The molecule has 0 spiro atoms. The first-order chi connectivity index (χ1) is 10.6. The zero-order valence-corrected chi connectivity index (χ0v) is 15.5. The van der Waals surface area contributed by atoms with Crippen LogP contribution in [0.15, 0.2) is 35.3 Å². The molecule has 0 amide bonds. The second-order valence-corrected chi connectivity index (χ2v) is 7.47. The molecule has 116 valence electrons. The van der Waals surface area contributed by atoms with Crippen LogP contribution in [0.25, 0.3) is 0 Å². The molecule has 0 radical (unpaired) electrons. The van der Waals surface area contributed by atoms with Crippen LogP contribution in [0.2, 0.25) is 0 Å². The lowest BCUT2D eigenvalue weighted by Crippen LogP contribution is -2.15. The Bertz CT molecular complexity index is 679. The maximum absolute atomic E-state index is 4.65. The van der Waals surface area contributed by atoms with E-state index in [1.165, 1.54) is 52.6 Å². The molecule has 2 nitrogen and oxygen atoms in total. The van der Waals surface area contributed by atoms with Crippen molar-refractivity contribution in [2.45, 2.75) is 52.0 Å². The van der Waals surface area contributed by atoms with Crippen molar-refractivity contribution < 1.29 is 0 Å². The normalized spacial score (nSPS) is 16.5. The lowest BCUT2D eigenvalue weighted by atomic mass is 9.95. The second-order valence-electron chi connectivity index (χ2n) is 6.23. The van der Waals surface area contributed by atoms with E-state index in [-0.39, 0.29) is 0 Å². The molecule has 0 N–H and O–H groups in total. The van der Waals surface area contributed by atoms with Gasteiger partial charge < -0.3 is 4.57 Å². The first kappa shape index (κ1) is 15.8. The van der Waals surface area contributed by atoms with Crippen LogP contribution in [0.4, 0.5) is 5.69 Å². The summed E-state index contributed by atoms with van der Waals surface area (Å²) >= 11 is 2.33. The van der Waals surface area contributed by atoms with E-state index < -0.39 is 0 Å². The predicted octanol–water partition coefficient (Wildman–Crippen LogP) is 5.97. The minimum atomic E-state index is 0.688. The smallest absolute Gasteiger partial charge is 0.0640 e. The molecule has 3 rings (SSSR count). The van der Waals surface area contributed by atoms with Crippen molar-refractivity contribution in [3.63, 3.8) is 0 Å². The van der Waals surface area contributed by atoms with Crippen LogP contribution in [0.3, 0.4) is 0 Å². The summed E-state index contributed by atoms with van der Waals surface area (Å²) in [5.74, 6) is 0. The number of hydrogen-bond acceptors (Lipinski definition) is 1. The summed E-state index contributed by atoms with van der Waals surface area (Å²) in [6.45, 7) is 4.46. The van der Waals surface area contributed by atoms with Crippen LogP contribution in [-0.4, -0.2) is 10.8 Å². The van der Waals surface area contributed by atoms with E-state index in [1.807, 2.05) is 6.21 Å². The van der Waals surface area contributed by atoms with Crippen molar-refractivity contribution in [1.29, 1.82) is 0 Å². The highest BCUT2D eigenvalue weighted by molar-refractivity contribution is 14.1. The van der Waals surface area contributed by atoms with Crippen LogP contribution in [0.5, 0.6) is 0 Å². The number of benzene rings is 1. The third-order valence-corrected chi connectivity index (χ3v) is 5.30. The number of rotatable bonds is 3. The van der Waals surface area contributed by atoms with Crippen molar-refractivity contribution in [3.8, 4) is 0 Å². The number of halogens is 1. The minimum Gasteiger partial charge on any atom is -0.345 e. The molecule has 3 heteroatoms. The van der Waals surface area contributed by atoms with Crippen molar-refractivity contribution in [3.05, 3.63) is 50.9 Å². The summed E-state index contributed by atoms with van der Waals surface area (Å²) < 4.78 is 3.76. The fraction of sp³-hybridized carbons (Fsp3) is 0.421. The molecule has 0 unspecified atom stereocenters. The summed E-state index contributed by atoms with van der Waals surface area (Å²) in [6, 6.07) is 11.3. The first-order valence-corrected chi connectivity index (χ1v) is 9.21. The Morgan fingerprint density at radius 3 is 2.64 bits per heavy atom. The molecule has 1 aromatic heterocycles.